The summed E-state index contributed by atoms with van der Waals surface area (Å²) in [5, 5.41) is 6.02. The molecule has 2 N–H and O–H groups in total. The van der Waals surface area contributed by atoms with Crippen molar-refractivity contribution in [3.05, 3.63) is 63.4 Å². The molecule has 0 spiro atoms. The largest absolute Gasteiger partial charge is 0.457 e. The van der Waals surface area contributed by atoms with Crippen molar-refractivity contribution in [2.75, 3.05) is 6.54 Å². The first kappa shape index (κ1) is 31.7. The van der Waals surface area contributed by atoms with Crippen molar-refractivity contribution in [1.29, 1.82) is 0 Å². The van der Waals surface area contributed by atoms with Gasteiger partial charge in [-0.15, -0.1) is 0 Å². The molecule has 0 saturated carbocycles. The van der Waals surface area contributed by atoms with E-state index in [2.05, 4.69) is 10.6 Å². The SMILES string of the molecule is CC[C@H](C)[C@H](NC(=O)OC(C)(C)C)C(=O)NCC(=O)O[C@]1(CC)C(=O)OCc2c1cc1n(c2=O)Cc2cc3ccccc3nc2-1. The van der Waals surface area contributed by atoms with Gasteiger partial charge in [0.15, 0.2) is 0 Å². The number of pyridine rings is 2. The van der Waals surface area contributed by atoms with E-state index in [0.717, 1.165) is 16.5 Å². The number of benzene rings is 1. The maximum absolute atomic E-state index is 13.7. The van der Waals surface area contributed by atoms with E-state index in [-0.39, 0.29) is 35.6 Å². The van der Waals surface area contributed by atoms with Gasteiger partial charge in [0.25, 0.3) is 5.56 Å². The lowest BCUT2D eigenvalue weighted by Gasteiger charge is -2.35. The molecule has 2 amide bonds. The number of esters is 2. The van der Waals surface area contributed by atoms with Crippen molar-refractivity contribution in [3.63, 3.8) is 0 Å². The average Bonchev–Trinajstić information content (AvgIpc) is 3.35. The summed E-state index contributed by atoms with van der Waals surface area (Å²) < 4.78 is 18.1. The number of hydrogen-bond acceptors (Lipinski definition) is 9. The van der Waals surface area contributed by atoms with E-state index < -0.39 is 47.7 Å². The fourth-order valence-corrected chi connectivity index (χ4v) is 5.72. The molecule has 0 radical (unpaired) electrons. The molecule has 0 unspecified atom stereocenters. The Morgan fingerprint density at radius 2 is 1.87 bits per heavy atom. The Morgan fingerprint density at radius 1 is 1.13 bits per heavy atom. The molecule has 4 heterocycles. The van der Waals surface area contributed by atoms with Crippen LogP contribution in [0.4, 0.5) is 4.79 Å². The van der Waals surface area contributed by atoms with Crippen molar-refractivity contribution in [2.24, 2.45) is 5.92 Å². The molecule has 3 aromatic rings. The van der Waals surface area contributed by atoms with E-state index in [1.54, 1.807) is 45.3 Å². The second-order valence-electron chi connectivity index (χ2n) is 12.5. The molecule has 2 aromatic heterocycles. The van der Waals surface area contributed by atoms with Gasteiger partial charge in [0.1, 0.15) is 24.8 Å². The highest BCUT2D eigenvalue weighted by atomic mass is 16.6. The summed E-state index contributed by atoms with van der Waals surface area (Å²) in [5.41, 5.74) is 0.173. The Kier molecular flexibility index (Phi) is 8.43. The van der Waals surface area contributed by atoms with Crippen molar-refractivity contribution in [3.8, 4) is 11.4 Å². The quantitative estimate of drug-likeness (QED) is 0.222. The van der Waals surface area contributed by atoms with Gasteiger partial charge in [0.05, 0.1) is 29.0 Å². The van der Waals surface area contributed by atoms with Gasteiger partial charge in [0.2, 0.25) is 11.5 Å². The summed E-state index contributed by atoms with van der Waals surface area (Å²) >= 11 is 0. The number of ether oxygens (including phenoxy) is 3. The lowest BCUT2D eigenvalue weighted by molar-refractivity contribution is -0.189. The highest BCUT2D eigenvalue weighted by Gasteiger charge is 2.50. The molecule has 2 aliphatic rings. The molecular weight excluding hydrogens is 580 g/mol. The van der Waals surface area contributed by atoms with Crippen LogP contribution in [-0.2, 0) is 47.3 Å². The predicted molar refractivity (Wildman–Crippen MR) is 164 cm³/mol. The Morgan fingerprint density at radius 3 is 2.56 bits per heavy atom. The van der Waals surface area contributed by atoms with Crippen molar-refractivity contribution in [1.82, 2.24) is 20.2 Å². The van der Waals surface area contributed by atoms with E-state index in [0.29, 0.717) is 24.4 Å². The lowest BCUT2D eigenvalue weighted by atomic mass is 9.85. The third kappa shape index (κ3) is 6.01. The second kappa shape index (κ2) is 12.0. The Balaban J connectivity index is 1.40. The van der Waals surface area contributed by atoms with Gasteiger partial charge in [-0.2, -0.15) is 0 Å². The van der Waals surface area contributed by atoms with Crippen LogP contribution in [0.2, 0.25) is 0 Å². The van der Waals surface area contributed by atoms with Gasteiger partial charge < -0.3 is 29.4 Å². The molecule has 12 heteroatoms. The van der Waals surface area contributed by atoms with Crippen molar-refractivity contribution >= 4 is 34.8 Å². The average molecular weight is 619 g/mol. The lowest BCUT2D eigenvalue weighted by Crippen LogP contribution is -2.53. The molecule has 0 bridgehead atoms. The molecule has 0 saturated heterocycles. The first-order valence-electron chi connectivity index (χ1n) is 15.1. The van der Waals surface area contributed by atoms with Gasteiger partial charge in [-0.05, 0) is 51.3 Å². The van der Waals surface area contributed by atoms with Gasteiger partial charge in [-0.1, -0.05) is 45.4 Å². The molecule has 0 aliphatic carbocycles. The topological polar surface area (TPSA) is 155 Å². The first-order valence-corrected chi connectivity index (χ1v) is 15.1. The molecule has 5 rings (SSSR count). The predicted octanol–water partition coefficient (Wildman–Crippen LogP) is 3.69. The van der Waals surface area contributed by atoms with Crippen LogP contribution < -0.4 is 16.2 Å². The summed E-state index contributed by atoms with van der Waals surface area (Å²) in [7, 11) is 0. The third-order valence-corrected chi connectivity index (χ3v) is 8.25. The molecule has 3 atom stereocenters. The maximum Gasteiger partial charge on any atom is 0.408 e. The highest BCUT2D eigenvalue weighted by Crippen LogP contribution is 2.41. The van der Waals surface area contributed by atoms with Crippen molar-refractivity contribution < 1.29 is 33.4 Å². The number of rotatable bonds is 8. The number of para-hydroxylation sites is 1. The summed E-state index contributed by atoms with van der Waals surface area (Å²) in [6.45, 7) is 9.88. The zero-order valence-corrected chi connectivity index (χ0v) is 26.3. The standard InChI is InChI=1S/C33H38N4O8/c1-7-18(3)26(36-31(42)45-32(4,5)6)28(39)34-15-25(38)44-33(8-2)22-14-24-27-20(13-19-11-9-10-12-23(19)35-27)16-37(24)29(40)21(22)17-43-30(33)41/h9-14,18,26H,7-8,15-17H2,1-6H3,(H,34,39)(H,36,42)/t18-,26-,33-/m0/s1. The van der Waals surface area contributed by atoms with Gasteiger partial charge in [0, 0.05) is 16.5 Å². The molecule has 1 aromatic carbocycles. The fraction of sp³-hybridized carbons (Fsp3) is 0.455. The highest BCUT2D eigenvalue weighted by molar-refractivity contribution is 5.91. The summed E-state index contributed by atoms with van der Waals surface area (Å²) in [6.07, 6.45) is -0.220. The van der Waals surface area contributed by atoms with Gasteiger partial charge in [-0.25, -0.2) is 14.6 Å². The number of carbonyl (C=O) groups excluding carboxylic acids is 4. The number of cyclic esters (lactones) is 1. The fourth-order valence-electron chi connectivity index (χ4n) is 5.72. The number of nitrogens with zero attached hydrogens (tertiary/aromatic N) is 2. The van der Waals surface area contributed by atoms with Crippen LogP contribution in [0.1, 0.15) is 71.1 Å². The van der Waals surface area contributed by atoms with Crippen LogP contribution in [0, 0.1) is 5.92 Å². The monoisotopic (exact) mass is 618 g/mol. The zero-order chi connectivity index (χ0) is 32.7. The molecular formula is C33H38N4O8. The van der Waals surface area contributed by atoms with Gasteiger partial charge >= 0.3 is 18.0 Å². The van der Waals surface area contributed by atoms with Crippen LogP contribution in [0.5, 0.6) is 0 Å². The van der Waals surface area contributed by atoms with Crippen LogP contribution in [0.15, 0.2) is 41.2 Å². The van der Waals surface area contributed by atoms with E-state index in [4.69, 9.17) is 19.2 Å². The molecule has 238 valence electrons. The molecule has 45 heavy (non-hydrogen) atoms. The van der Waals surface area contributed by atoms with E-state index in [1.807, 2.05) is 37.3 Å². The summed E-state index contributed by atoms with van der Waals surface area (Å²) in [6, 6.07) is 10.3. The van der Waals surface area contributed by atoms with E-state index in [9.17, 15) is 24.0 Å². The van der Waals surface area contributed by atoms with Crippen LogP contribution in [0.25, 0.3) is 22.3 Å². The number of fused-ring (bicyclic) bond motifs is 5. The molecule has 2 aliphatic heterocycles. The van der Waals surface area contributed by atoms with E-state index >= 15 is 0 Å². The van der Waals surface area contributed by atoms with E-state index in [1.165, 1.54) is 0 Å². The zero-order valence-electron chi connectivity index (χ0n) is 26.3. The Bertz CT molecular complexity index is 1760. The number of hydrogen-bond donors (Lipinski definition) is 2. The Hall–Kier alpha value is -4.74. The van der Waals surface area contributed by atoms with Crippen LogP contribution in [-0.4, -0.2) is 51.7 Å². The van der Waals surface area contributed by atoms with Crippen molar-refractivity contribution in [2.45, 2.75) is 84.8 Å². The minimum absolute atomic E-state index is 0.0187. The molecule has 12 nitrogen and oxygen atoms in total. The van der Waals surface area contributed by atoms with Gasteiger partial charge in [-0.3, -0.25) is 14.4 Å². The minimum atomic E-state index is -1.91. The summed E-state index contributed by atoms with van der Waals surface area (Å²) in [4.78, 5) is 70.5. The smallest absolute Gasteiger partial charge is 0.408 e. The number of aromatic nitrogens is 2. The maximum atomic E-state index is 13.7. The minimum Gasteiger partial charge on any atom is -0.457 e. The number of nitrogens with one attached hydrogen (secondary N) is 2. The number of carbonyl (C=O) groups is 4. The first-order chi connectivity index (χ1) is 21.3. The number of alkyl carbamates (subject to hydrolysis) is 1. The van der Waals surface area contributed by atoms with Crippen LogP contribution >= 0.6 is 0 Å². The number of amides is 2. The second-order valence-corrected chi connectivity index (χ2v) is 12.5. The summed E-state index contributed by atoms with van der Waals surface area (Å²) in [5.74, 6) is -2.62. The normalized spacial score (nSPS) is 18.1. The molecule has 0 fully saturated rings. The third-order valence-electron chi connectivity index (χ3n) is 8.25. The van der Waals surface area contributed by atoms with Crippen LogP contribution in [0.3, 0.4) is 0 Å². The Labute approximate surface area is 260 Å².